The van der Waals surface area contributed by atoms with Crippen LogP contribution in [0.2, 0.25) is 0 Å². The number of aryl methyl sites for hydroxylation is 1. The second kappa shape index (κ2) is 8.41. The van der Waals surface area contributed by atoms with Gasteiger partial charge in [-0.3, -0.25) is 14.6 Å². The first kappa shape index (κ1) is 21.7. The summed E-state index contributed by atoms with van der Waals surface area (Å²) >= 11 is 0. The van der Waals surface area contributed by atoms with Crippen LogP contribution in [-0.2, 0) is 17.8 Å². The molecule has 1 aliphatic carbocycles. The first-order valence-electron chi connectivity index (χ1n) is 9.47. The second-order valence-electron chi connectivity index (χ2n) is 7.73. The summed E-state index contributed by atoms with van der Waals surface area (Å²) in [7, 11) is 0. The minimum Gasteiger partial charge on any atom is -0.468 e. The van der Waals surface area contributed by atoms with E-state index in [0.717, 1.165) is 12.8 Å². The van der Waals surface area contributed by atoms with Gasteiger partial charge in [-0.25, -0.2) is 4.98 Å². The Hall–Kier alpha value is -2.97. The summed E-state index contributed by atoms with van der Waals surface area (Å²) in [5.41, 5.74) is 1.96. The van der Waals surface area contributed by atoms with E-state index in [9.17, 15) is 22.8 Å². The topological polar surface area (TPSA) is 81.2 Å². The maximum atomic E-state index is 12.5. The molecule has 0 aliphatic heterocycles. The summed E-state index contributed by atoms with van der Waals surface area (Å²) in [4.78, 5) is 32.7. The third kappa shape index (κ3) is 5.77. The Kier molecular flexibility index (Phi) is 6.09. The molecule has 0 bridgehead atoms. The number of pyridine rings is 2. The highest BCUT2D eigenvalue weighted by molar-refractivity contribution is 5.94. The van der Waals surface area contributed by atoms with Crippen molar-refractivity contribution in [2.24, 2.45) is 5.41 Å². The maximum Gasteiger partial charge on any atom is 0.422 e. The molecule has 0 unspecified atom stereocenters. The van der Waals surface area contributed by atoms with E-state index in [2.05, 4.69) is 20.0 Å². The minimum atomic E-state index is -4.44. The van der Waals surface area contributed by atoms with E-state index in [1.165, 1.54) is 18.5 Å². The lowest BCUT2D eigenvalue weighted by Gasteiger charge is -2.12. The highest BCUT2D eigenvalue weighted by atomic mass is 19.4. The molecule has 6 nitrogen and oxygen atoms in total. The fraction of sp³-hybridized carbons (Fsp3) is 0.429. The number of ether oxygens (including phenoxy) is 1. The standard InChI is InChI=1S/C21H22F3N3O3/c1-13-7-18(30-12-21(22,23)24)26-10-15(13)11-27-19(29)14-3-6-25-16(8-14)9-17(28)20(2)4-5-20/h3,6-8,10H,4-5,9,11-12H2,1-2H3,(H,27,29). The Morgan fingerprint density at radius 2 is 1.97 bits per heavy atom. The molecular formula is C21H22F3N3O3. The van der Waals surface area contributed by atoms with Gasteiger partial charge < -0.3 is 10.1 Å². The van der Waals surface area contributed by atoms with Crippen LogP contribution in [0.15, 0.2) is 30.6 Å². The Labute approximate surface area is 171 Å². The van der Waals surface area contributed by atoms with E-state index in [4.69, 9.17) is 0 Å². The van der Waals surface area contributed by atoms with Gasteiger partial charge in [0.15, 0.2) is 6.61 Å². The molecule has 1 aliphatic rings. The van der Waals surface area contributed by atoms with Crippen LogP contribution in [-0.4, -0.2) is 34.4 Å². The number of halogens is 3. The Morgan fingerprint density at radius 1 is 1.23 bits per heavy atom. The SMILES string of the molecule is Cc1cc(OCC(F)(F)F)ncc1CNC(=O)c1ccnc(CC(=O)C2(C)CC2)c1. The van der Waals surface area contributed by atoms with Crippen LogP contribution < -0.4 is 10.1 Å². The molecule has 0 spiro atoms. The number of Topliss-reactive ketones (excluding diaryl/α,β-unsaturated/α-hetero) is 1. The van der Waals surface area contributed by atoms with Gasteiger partial charge in [0.05, 0.1) is 0 Å². The molecule has 30 heavy (non-hydrogen) atoms. The van der Waals surface area contributed by atoms with Gasteiger partial charge in [-0.2, -0.15) is 13.2 Å². The molecule has 1 N–H and O–H groups in total. The number of aromatic nitrogens is 2. The van der Waals surface area contributed by atoms with Gasteiger partial charge in [0, 0.05) is 48.1 Å². The van der Waals surface area contributed by atoms with Crippen molar-refractivity contribution in [3.05, 3.63) is 53.0 Å². The summed E-state index contributed by atoms with van der Waals surface area (Å²) in [5, 5.41) is 2.74. The van der Waals surface area contributed by atoms with Crippen LogP contribution in [0.25, 0.3) is 0 Å². The number of carbonyl (C=O) groups excluding carboxylic acids is 2. The number of rotatable bonds is 8. The van der Waals surface area contributed by atoms with E-state index < -0.39 is 12.8 Å². The second-order valence-corrected chi connectivity index (χ2v) is 7.73. The van der Waals surface area contributed by atoms with Crippen molar-refractivity contribution >= 4 is 11.7 Å². The quantitative estimate of drug-likeness (QED) is 0.705. The predicted octanol–water partition coefficient (Wildman–Crippen LogP) is 3.57. The minimum absolute atomic E-state index is 0.127. The summed E-state index contributed by atoms with van der Waals surface area (Å²) in [5.74, 6) is -0.352. The predicted molar refractivity (Wildman–Crippen MR) is 102 cm³/mol. The molecule has 160 valence electrons. The average Bonchev–Trinajstić information content (AvgIpc) is 3.44. The molecule has 1 amide bonds. The Morgan fingerprint density at radius 3 is 2.60 bits per heavy atom. The lowest BCUT2D eigenvalue weighted by Crippen LogP contribution is -2.24. The normalized spacial score (nSPS) is 14.8. The van der Waals surface area contributed by atoms with E-state index in [-0.39, 0.29) is 36.0 Å². The molecule has 1 fully saturated rings. The van der Waals surface area contributed by atoms with Crippen LogP contribution >= 0.6 is 0 Å². The summed E-state index contributed by atoms with van der Waals surface area (Å²) in [6, 6.07) is 4.54. The Bertz CT molecular complexity index is 956. The van der Waals surface area contributed by atoms with Crippen LogP contribution in [0.1, 0.15) is 46.9 Å². The fourth-order valence-corrected chi connectivity index (χ4v) is 2.82. The van der Waals surface area contributed by atoms with Crippen molar-refractivity contribution < 1.29 is 27.5 Å². The number of hydrogen-bond acceptors (Lipinski definition) is 5. The molecule has 0 radical (unpaired) electrons. The molecule has 1 saturated carbocycles. The lowest BCUT2D eigenvalue weighted by atomic mass is 9.99. The zero-order chi connectivity index (χ0) is 21.9. The maximum absolute atomic E-state index is 12.5. The molecule has 2 aromatic heterocycles. The van der Waals surface area contributed by atoms with Crippen molar-refractivity contribution in [3.63, 3.8) is 0 Å². The number of ketones is 1. The van der Waals surface area contributed by atoms with E-state index in [0.29, 0.717) is 22.4 Å². The molecule has 0 saturated heterocycles. The summed E-state index contributed by atoms with van der Waals surface area (Å²) in [6.45, 7) is 2.35. The monoisotopic (exact) mass is 421 g/mol. The first-order valence-corrected chi connectivity index (χ1v) is 9.47. The average molecular weight is 421 g/mol. The molecule has 2 heterocycles. The van der Waals surface area contributed by atoms with Crippen LogP contribution in [0.4, 0.5) is 13.2 Å². The molecule has 2 aromatic rings. The lowest BCUT2D eigenvalue weighted by molar-refractivity contribution is -0.154. The fourth-order valence-electron chi connectivity index (χ4n) is 2.82. The molecule has 3 rings (SSSR count). The highest BCUT2D eigenvalue weighted by Crippen LogP contribution is 2.46. The van der Waals surface area contributed by atoms with Crippen LogP contribution in [0.5, 0.6) is 5.88 Å². The smallest absolute Gasteiger partial charge is 0.422 e. The van der Waals surface area contributed by atoms with Crippen molar-refractivity contribution in [1.29, 1.82) is 0 Å². The number of hydrogen-bond donors (Lipinski definition) is 1. The van der Waals surface area contributed by atoms with E-state index >= 15 is 0 Å². The largest absolute Gasteiger partial charge is 0.468 e. The molecule has 9 heteroatoms. The zero-order valence-electron chi connectivity index (χ0n) is 16.7. The van der Waals surface area contributed by atoms with Gasteiger partial charge in [-0.1, -0.05) is 6.92 Å². The zero-order valence-corrected chi connectivity index (χ0v) is 16.7. The number of carbonyl (C=O) groups is 2. The number of nitrogens with one attached hydrogen (secondary N) is 1. The van der Waals surface area contributed by atoms with Gasteiger partial charge in [0.2, 0.25) is 5.88 Å². The van der Waals surface area contributed by atoms with Crippen molar-refractivity contribution in [3.8, 4) is 5.88 Å². The van der Waals surface area contributed by atoms with Gasteiger partial charge in [-0.15, -0.1) is 0 Å². The van der Waals surface area contributed by atoms with Gasteiger partial charge in [0.1, 0.15) is 5.78 Å². The first-order chi connectivity index (χ1) is 14.1. The third-order valence-corrected chi connectivity index (χ3v) is 5.11. The summed E-state index contributed by atoms with van der Waals surface area (Å²) < 4.78 is 41.3. The van der Waals surface area contributed by atoms with Gasteiger partial charge in [0.25, 0.3) is 5.91 Å². The molecule has 0 atom stereocenters. The van der Waals surface area contributed by atoms with Gasteiger partial charge >= 0.3 is 6.18 Å². The number of amides is 1. The number of nitrogens with zero attached hydrogens (tertiary/aromatic N) is 2. The molecular weight excluding hydrogens is 399 g/mol. The van der Waals surface area contributed by atoms with Crippen LogP contribution in [0, 0.1) is 12.3 Å². The van der Waals surface area contributed by atoms with Crippen molar-refractivity contribution in [2.75, 3.05) is 6.61 Å². The van der Waals surface area contributed by atoms with Crippen LogP contribution in [0.3, 0.4) is 0 Å². The van der Waals surface area contributed by atoms with E-state index in [1.807, 2.05) is 6.92 Å². The van der Waals surface area contributed by atoms with Crippen molar-refractivity contribution in [1.82, 2.24) is 15.3 Å². The van der Waals surface area contributed by atoms with E-state index in [1.54, 1.807) is 19.1 Å². The molecule has 0 aromatic carbocycles. The van der Waals surface area contributed by atoms with Gasteiger partial charge in [-0.05, 0) is 43.0 Å². The summed E-state index contributed by atoms with van der Waals surface area (Å²) in [6.07, 6.45) is 0.395. The highest BCUT2D eigenvalue weighted by Gasteiger charge is 2.44. The van der Waals surface area contributed by atoms with Crippen molar-refractivity contribution in [2.45, 2.75) is 45.8 Å². The Balaban J connectivity index is 1.57. The third-order valence-electron chi connectivity index (χ3n) is 5.11. The number of alkyl halides is 3.